The topological polar surface area (TPSA) is 23.9 Å². The molecule has 1 aromatic rings. The molecule has 0 aromatic heterocycles. The Labute approximate surface area is 123 Å². The number of hydrogen-bond acceptors (Lipinski definition) is 1. The molecular formula is C19H25N. The molecule has 1 heteroatoms. The molecule has 0 saturated heterocycles. The van der Waals surface area contributed by atoms with Crippen molar-refractivity contribution in [3.8, 4) is 0 Å². The smallest absolute Gasteiger partial charge is 0.0279 e. The van der Waals surface area contributed by atoms with Crippen LogP contribution in [-0.2, 0) is 6.42 Å². The first kappa shape index (κ1) is 16.2. The van der Waals surface area contributed by atoms with E-state index in [2.05, 4.69) is 48.6 Å². The lowest BCUT2D eigenvalue weighted by molar-refractivity contribution is 1.05. The fourth-order valence-electron chi connectivity index (χ4n) is 2.11. The minimum absolute atomic E-state index is 0.603. The van der Waals surface area contributed by atoms with Gasteiger partial charge in [-0.25, -0.2) is 0 Å². The summed E-state index contributed by atoms with van der Waals surface area (Å²) in [6.45, 7) is 5.80. The standard InChI is InChI=1S/C17H19N.C2H6/c1-14(18)7-5-8-15-9-6-12-17(13-15)16-10-3-2-4-11-16;1-2/h2-3,5-7,9-10,12-13,18H,4,8,11H2,1H3;1-2H3/b7-5-,18-14?;. The van der Waals surface area contributed by atoms with Gasteiger partial charge in [0.25, 0.3) is 0 Å². The van der Waals surface area contributed by atoms with E-state index in [0.717, 1.165) is 19.3 Å². The van der Waals surface area contributed by atoms with Crippen LogP contribution in [-0.4, -0.2) is 5.71 Å². The first-order valence-corrected chi connectivity index (χ1v) is 7.42. The zero-order valence-electron chi connectivity index (χ0n) is 12.8. The highest BCUT2D eigenvalue weighted by Gasteiger charge is 2.03. The van der Waals surface area contributed by atoms with Crippen molar-refractivity contribution in [3.05, 3.63) is 65.8 Å². The average molecular weight is 267 g/mol. The van der Waals surface area contributed by atoms with Crippen LogP contribution in [0.5, 0.6) is 0 Å². The number of benzene rings is 1. The minimum Gasteiger partial charge on any atom is -0.306 e. The SMILES string of the molecule is CC.CC(=N)/C=C\Cc1cccc(C2=CC=CCC2)c1. The first-order chi connectivity index (χ1) is 9.75. The molecule has 0 unspecified atom stereocenters. The largest absolute Gasteiger partial charge is 0.306 e. The van der Waals surface area contributed by atoms with Gasteiger partial charge in [-0.2, -0.15) is 0 Å². The van der Waals surface area contributed by atoms with Gasteiger partial charge < -0.3 is 5.41 Å². The van der Waals surface area contributed by atoms with Gasteiger partial charge in [-0.1, -0.05) is 62.4 Å². The third-order valence-electron chi connectivity index (χ3n) is 3.03. The van der Waals surface area contributed by atoms with Gasteiger partial charge in [0.15, 0.2) is 0 Å². The molecule has 1 N–H and O–H groups in total. The van der Waals surface area contributed by atoms with Crippen molar-refractivity contribution >= 4 is 11.3 Å². The molecule has 0 aliphatic heterocycles. The fraction of sp³-hybridized carbons (Fsp3) is 0.316. The molecule has 0 fully saturated rings. The Morgan fingerprint density at radius 1 is 1.30 bits per heavy atom. The van der Waals surface area contributed by atoms with Crippen molar-refractivity contribution in [2.45, 2.75) is 40.0 Å². The van der Waals surface area contributed by atoms with Crippen LogP contribution in [0.25, 0.3) is 5.57 Å². The third-order valence-corrected chi connectivity index (χ3v) is 3.03. The Morgan fingerprint density at radius 3 is 2.75 bits per heavy atom. The van der Waals surface area contributed by atoms with Crippen LogP contribution in [0, 0.1) is 5.41 Å². The van der Waals surface area contributed by atoms with Crippen molar-refractivity contribution in [1.29, 1.82) is 5.41 Å². The van der Waals surface area contributed by atoms with Crippen molar-refractivity contribution in [2.24, 2.45) is 0 Å². The molecule has 0 bridgehead atoms. The molecule has 1 nitrogen and oxygen atoms in total. The summed E-state index contributed by atoms with van der Waals surface area (Å²) in [6.07, 6.45) is 13.6. The quantitative estimate of drug-likeness (QED) is 0.688. The first-order valence-electron chi connectivity index (χ1n) is 7.42. The lowest BCUT2D eigenvalue weighted by atomic mass is 9.95. The molecule has 0 heterocycles. The van der Waals surface area contributed by atoms with Gasteiger partial charge in [-0.3, -0.25) is 0 Å². The van der Waals surface area contributed by atoms with Crippen LogP contribution in [0.15, 0.2) is 54.6 Å². The summed E-state index contributed by atoms with van der Waals surface area (Å²) < 4.78 is 0. The second-order valence-electron chi connectivity index (χ2n) is 4.65. The van der Waals surface area contributed by atoms with Gasteiger partial charge in [-0.05, 0) is 49.0 Å². The van der Waals surface area contributed by atoms with Gasteiger partial charge in [0.05, 0.1) is 0 Å². The second-order valence-corrected chi connectivity index (χ2v) is 4.65. The normalized spacial score (nSPS) is 13.7. The molecule has 1 aliphatic carbocycles. The summed E-state index contributed by atoms with van der Waals surface area (Å²) >= 11 is 0. The molecule has 0 saturated carbocycles. The molecule has 106 valence electrons. The van der Waals surface area contributed by atoms with Gasteiger partial charge in [-0.15, -0.1) is 0 Å². The number of nitrogens with one attached hydrogen (secondary N) is 1. The van der Waals surface area contributed by atoms with E-state index in [1.54, 1.807) is 6.92 Å². The predicted molar refractivity (Wildman–Crippen MR) is 90.4 cm³/mol. The van der Waals surface area contributed by atoms with Crippen LogP contribution >= 0.6 is 0 Å². The Balaban J connectivity index is 0.000000956. The van der Waals surface area contributed by atoms with E-state index in [-0.39, 0.29) is 0 Å². The van der Waals surface area contributed by atoms with Crippen LogP contribution in [0.3, 0.4) is 0 Å². The minimum atomic E-state index is 0.603. The zero-order valence-corrected chi connectivity index (χ0v) is 12.8. The molecule has 0 spiro atoms. The molecule has 1 aliphatic rings. The van der Waals surface area contributed by atoms with Crippen LogP contribution in [0.2, 0.25) is 0 Å². The molecule has 20 heavy (non-hydrogen) atoms. The van der Waals surface area contributed by atoms with E-state index < -0.39 is 0 Å². The fourth-order valence-corrected chi connectivity index (χ4v) is 2.11. The van der Waals surface area contributed by atoms with E-state index in [1.165, 1.54) is 16.7 Å². The molecule has 0 radical (unpaired) electrons. The predicted octanol–water partition coefficient (Wildman–Crippen LogP) is 5.58. The lowest BCUT2D eigenvalue weighted by Gasteiger charge is -2.10. The summed E-state index contributed by atoms with van der Waals surface area (Å²) in [5, 5.41) is 7.36. The van der Waals surface area contributed by atoms with E-state index in [0.29, 0.717) is 5.71 Å². The summed E-state index contributed by atoms with van der Waals surface area (Å²) in [5.74, 6) is 0. The van der Waals surface area contributed by atoms with Crippen LogP contribution in [0.1, 0.15) is 44.7 Å². The third kappa shape index (κ3) is 5.40. The molecule has 0 amide bonds. The summed E-state index contributed by atoms with van der Waals surface area (Å²) in [4.78, 5) is 0. The van der Waals surface area contributed by atoms with Crippen LogP contribution < -0.4 is 0 Å². The summed E-state index contributed by atoms with van der Waals surface area (Å²) in [5.41, 5.74) is 4.66. The molecular weight excluding hydrogens is 242 g/mol. The van der Waals surface area contributed by atoms with Crippen molar-refractivity contribution in [3.63, 3.8) is 0 Å². The average Bonchev–Trinajstić information content (AvgIpc) is 2.50. The highest BCUT2D eigenvalue weighted by Crippen LogP contribution is 2.24. The highest BCUT2D eigenvalue weighted by atomic mass is 14.4. The maximum Gasteiger partial charge on any atom is 0.0279 e. The Kier molecular flexibility index (Phi) is 7.34. The van der Waals surface area contributed by atoms with Crippen LogP contribution in [0.4, 0.5) is 0 Å². The molecule has 1 aromatic carbocycles. The van der Waals surface area contributed by atoms with E-state index in [9.17, 15) is 0 Å². The zero-order chi connectivity index (χ0) is 14.8. The summed E-state index contributed by atoms with van der Waals surface area (Å²) in [6, 6.07) is 8.70. The Hall–Kier alpha value is -1.89. The molecule has 0 atom stereocenters. The van der Waals surface area contributed by atoms with Crippen molar-refractivity contribution < 1.29 is 0 Å². The second kappa shape index (κ2) is 9.08. The number of allylic oxidation sites excluding steroid dienone is 6. The maximum absolute atomic E-state index is 7.36. The van der Waals surface area contributed by atoms with Crippen molar-refractivity contribution in [1.82, 2.24) is 0 Å². The summed E-state index contributed by atoms with van der Waals surface area (Å²) in [7, 11) is 0. The number of hydrogen-bond donors (Lipinski definition) is 1. The Bertz CT molecular complexity index is 518. The van der Waals surface area contributed by atoms with Crippen molar-refractivity contribution in [2.75, 3.05) is 0 Å². The van der Waals surface area contributed by atoms with E-state index >= 15 is 0 Å². The van der Waals surface area contributed by atoms with Gasteiger partial charge in [0.2, 0.25) is 0 Å². The Morgan fingerprint density at radius 2 is 2.10 bits per heavy atom. The van der Waals surface area contributed by atoms with E-state index in [4.69, 9.17) is 5.41 Å². The monoisotopic (exact) mass is 267 g/mol. The molecule has 2 rings (SSSR count). The van der Waals surface area contributed by atoms with Gasteiger partial charge in [0.1, 0.15) is 0 Å². The number of rotatable bonds is 4. The lowest BCUT2D eigenvalue weighted by Crippen LogP contribution is -1.90. The van der Waals surface area contributed by atoms with Gasteiger partial charge in [0, 0.05) is 5.71 Å². The van der Waals surface area contributed by atoms with Gasteiger partial charge >= 0.3 is 0 Å². The van der Waals surface area contributed by atoms with E-state index in [1.807, 2.05) is 19.9 Å². The highest BCUT2D eigenvalue weighted by molar-refractivity contribution is 5.89. The maximum atomic E-state index is 7.36.